The molecule has 0 heterocycles. The second-order valence-corrected chi connectivity index (χ2v) is 5.04. The normalized spacial score (nSPS) is 10.1. The minimum Gasteiger partial charge on any atom is -0.497 e. The van der Waals surface area contributed by atoms with Gasteiger partial charge in [0, 0.05) is 6.42 Å². The van der Waals surface area contributed by atoms with Crippen LogP contribution in [-0.2, 0) is 11.2 Å². The summed E-state index contributed by atoms with van der Waals surface area (Å²) in [7, 11) is 3.01. The summed E-state index contributed by atoms with van der Waals surface area (Å²) in [5.74, 6) is 0.814. The highest BCUT2D eigenvalue weighted by molar-refractivity contribution is 5.93. The Labute approximate surface area is 139 Å². The van der Waals surface area contributed by atoms with Gasteiger partial charge in [0.1, 0.15) is 17.2 Å². The fourth-order valence-corrected chi connectivity index (χ4v) is 2.16. The number of nitrogens with one attached hydrogen (secondary N) is 1. The predicted octanol–water partition coefficient (Wildman–Crippen LogP) is 3.18. The van der Waals surface area contributed by atoms with Gasteiger partial charge in [-0.1, -0.05) is 12.1 Å². The molecule has 0 bridgehead atoms. The van der Waals surface area contributed by atoms with Crippen molar-refractivity contribution < 1.29 is 19.2 Å². The minimum atomic E-state index is -0.554. The second kappa shape index (κ2) is 7.96. The van der Waals surface area contributed by atoms with Crippen LogP contribution < -0.4 is 14.8 Å². The number of methoxy groups -OCH3 is 2. The first-order valence-electron chi connectivity index (χ1n) is 7.28. The van der Waals surface area contributed by atoms with E-state index in [1.54, 1.807) is 13.2 Å². The van der Waals surface area contributed by atoms with Crippen molar-refractivity contribution >= 4 is 17.3 Å². The summed E-state index contributed by atoms with van der Waals surface area (Å²) in [5, 5.41) is 13.7. The van der Waals surface area contributed by atoms with E-state index in [4.69, 9.17) is 9.47 Å². The molecule has 1 N–H and O–H groups in total. The number of rotatable bonds is 7. The lowest BCUT2D eigenvalue weighted by Crippen LogP contribution is -2.13. The molecule has 0 aliphatic carbocycles. The molecule has 2 aromatic carbocycles. The van der Waals surface area contributed by atoms with Gasteiger partial charge in [0.15, 0.2) is 0 Å². The van der Waals surface area contributed by atoms with E-state index in [0.29, 0.717) is 12.2 Å². The summed E-state index contributed by atoms with van der Waals surface area (Å²) in [6.07, 6.45) is 0.745. The molecule has 24 heavy (non-hydrogen) atoms. The minimum absolute atomic E-state index is 0.153. The fraction of sp³-hybridized carbons (Fsp3) is 0.235. The monoisotopic (exact) mass is 330 g/mol. The third kappa shape index (κ3) is 4.45. The van der Waals surface area contributed by atoms with Crippen molar-refractivity contribution in [1.29, 1.82) is 0 Å². The summed E-state index contributed by atoms with van der Waals surface area (Å²) in [4.78, 5) is 22.6. The average molecular weight is 330 g/mol. The number of aryl methyl sites for hydroxylation is 1. The highest BCUT2D eigenvalue weighted by Gasteiger charge is 2.17. The number of nitro benzene ring substituents is 1. The Balaban J connectivity index is 2.00. The van der Waals surface area contributed by atoms with E-state index in [0.717, 1.165) is 11.3 Å². The molecule has 0 atom stereocenters. The summed E-state index contributed by atoms with van der Waals surface area (Å²) in [6.45, 7) is 0. The van der Waals surface area contributed by atoms with Crippen molar-refractivity contribution in [2.75, 3.05) is 19.5 Å². The van der Waals surface area contributed by atoms with Crippen molar-refractivity contribution in [2.45, 2.75) is 12.8 Å². The zero-order valence-corrected chi connectivity index (χ0v) is 13.4. The van der Waals surface area contributed by atoms with Crippen molar-refractivity contribution in [1.82, 2.24) is 0 Å². The molecule has 2 rings (SSSR count). The van der Waals surface area contributed by atoms with Gasteiger partial charge in [-0.15, -0.1) is 0 Å². The van der Waals surface area contributed by atoms with Crippen LogP contribution in [0.4, 0.5) is 11.4 Å². The first-order valence-corrected chi connectivity index (χ1v) is 7.28. The lowest BCUT2D eigenvalue weighted by molar-refractivity contribution is -0.384. The summed E-state index contributed by atoms with van der Waals surface area (Å²) < 4.78 is 10.0. The van der Waals surface area contributed by atoms with Crippen molar-refractivity contribution in [3.8, 4) is 11.5 Å². The number of ether oxygens (including phenoxy) is 2. The number of anilines is 1. The topological polar surface area (TPSA) is 90.7 Å². The Kier molecular flexibility index (Phi) is 5.73. The van der Waals surface area contributed by atoms with Gasteiger partial charge in [-0.2, -0.15) is 0 Å². The molecule has 1 amide bonds. The van der Waals surface area contributed by atoms with Gasteiger partial charge < -0.3 is 14.8 Å². The van der Waals surface area contributed by atoms with Crippen LogP contribution in [0.5, 0.6) is 11.5 Å². The number of carbonyl (C=O) groups is 1. The molecule has 0 unspecified atom stereocenters. The molecule has 0 aliphatic rings. The predicted molar refractivity (Wildman–Crippen MR) is 89.6 cm³/mol. The maximum absolute atomic E-state index is 12.0. The fourth-order valence-electron chi connectivity index (χ4n) is 2.16. The molecule has 0 spiro atoms. The zero-order valence-electron chi connectivity index (χ0n) is 13.4. The van der Waals surface area contributed by atoms with Crippen molar-refractivity contribution in [2.24, 2.45) is 0 Å². The first-order chi connectivity index (χ1) is 11.5. The smallest absolute Gasteiger partial charge is 0.296 e. The van der Waals surface area contributed by atoms with Crippen LogP contribution in [0.25, 0.3) is 0 Å². The van der Waals surface area contributed by atoms with Gasteiger partial charge in [0.25, 0.3) is 5.69 Å². The maximum Gasteiger partial charge on any atom is 0.296 e. The van der Waals surface area contributed by atoms with E-state index < -0.39 is 4.92 Å². The molecule has 0 radical (unpaired) electrons. The quantitative estimate of drug-likeness (QED) is 0.622. The Morgan fingerprint density at radius 2 is 1.71 bits per heavy atom. The summed E-state index contributed by atoms with van der Waals surface area (Å²) in [6, 6.07) is 11.7. The van der Waals surface area contributed by atoms with Gasteiger partial charge in [-0.05, 0) is 36.2 Å². The molecule has 0 saturated heterocycles. The lowest BCUT2D eigenvalue weighted by atomic mass is 10.1. The molecule has 7 heteroatoms. The van der Waals surface area contributed by atoms with E-state index in [1.165, 1.54) is 19.2 Å². The number of benzene rings is 2. The number of carbonyl (C=O) groups excluding carboxylic acids is 1. The first kappa shape index (κ1) is 17.3. The standard InChI is InChI=1S/C17H18N2O5/c1-23-13-6-3-12(4-7-13)5-10-17(20)18-15-9-8-14(24-2)11-16(15)19(21)22/h3-4,6-9,11H,5,10H2,1-2H3,(H,18,20). The van der Waals surface area contributed by atoms with Crippen LogP contribution in [0.15, 0.2) is 42.5 Å². The second-order valence-electron chi connectivity index (χ2n) is 5.04. The van der Waals surface area contributed by atoms with Crippen LogP contribution in [-0.4, -0.2) is 25.1 Å². The molecule has 126 valence electrons. The van der Waals surface area contributed by atoms with E-state index in [1.807, 2.05) is 24.3 Å². The van der Waals surface area contributed by atoms with Gasteiger partial charge in [-0.3, -0.25) is 14.9 Å². The number of hydrogen-bond donors (Lipinski definition) is 1. The number of nitro groups is 1. The zero-order chi connectivity index (χ0) is 17.5. The average Bonchev–Trinajstić information content (AvgIpc) is 2.60. The van der Waals surface area contributed by atoms with Crippen molar-refractivity contribution in [3.05, 3.63) is 58.1 Å². The number of nitrogens with zero attached hydrogens (tertiary/aromatic N) is 1. The number of amides is 1. The molecular weight excluding hydrogens is 312 g/mol. The Morgan fingerprint density at radius 1 is 1.08 bits per heavy atom. The molecule has 7 nitrogen and oxygen atoms in total. The van der Waals surface area contributed by atoms with Gasteiger partial charge in [-0.25, -0.2) is 0 Å². The molecule has 2 aromatic rings. The van der Waals surface area contributed by atoms with Crippen LogP contribution >= 0.6 is 0 Å². The molecule has 0 aliphatic heterocycles. The Morgan fingerprint density at radius 3 is 2.29 bits per heavy atom. The van der Waals surface area contributed by atoms with Crippen molar-refractivity contribution in [3.63, 3.8) is 0 Å². The van der Waals surface area contributed by atoms with Crippen LogP contribution in [0.1, 0.15) is 12.0 Å². The molecular formula is C17H18N2O5. The molecule has 0 fully saturated rings. The van der Waals surface area contributed by atoms with Gasteiger partial charge in [0.05, 0.1) is 25.2 Å². The van der Waals surface area contributed by atoms with E-state index in [2.05, 4.69) is 5.32 Å². The SMILES string of the molecule is COc1ccc(CCC(=O)Nc2ccc(OC)cc2[N+](=O)[O-])cc1. The maximum atomic E-state index is 12.0. The summed E-state index contributed by atoms with van der Waals surface area (Å²) >= 11 is 0. The number of hydrogen-bond acceptors (Lipinski definition) is 5. The van der Waals surface area contributed by atoms with E-state index in [-0.39, 0.29) is 23.7 Å². The Bertz CT molecular complexity index is 728. The third-order valence-electron chi connectivity index (χ3n) is 3.48. The van der Waals surface area contributed by atoms with E-state index in [9.17, 15) is 14.9 Å². The highest BCUT2D eigenvalue weighted by Crippen LogP contribution is 2.29. The third-order valence-corrected chi connectivity index (χ3v) is 3.48. The lowest BCUT2D eigenvalue weighted by Gasteiger charge is -2.08. The van der Waals surface area contributed by atoms with Crippen LogP contribution in [0, 0.1) is 10.1 Å². The Hall–Kier alpha value is -3.09. The van der Waals surface area contributed by atoms with Crippen LogP contribution in [0.2, 0.25) is 0 Å². The largest absolute Gasteiger partial charge is 0.497 e. The molecule has 0 saturated carbocycles. The molecule has 0 aromatic heterocycles. The summed E-state index contributed by atoms with van der Waals surface area (Å²) in [5.41, 5.74) is 0.933. The van der Waals surface area contributed by atoms with Gasteiger partial charge >= 0.3 is 0 Å². The van der Waals surface area contributed by atoms with E-state index >= 15 is 0 Å². The van der Waals surface area contributed by atoms with Crippen LogP contribution in [0.3, 0.4) is 0 Å². The highest BCUT2D eigenvalue weighted by atomic mass is 16.6. The van der Waals surface area contributed by atoms with Gasteiger partial charge in [0.2, 0.25) is 5.91 Å².